The van der Waals surface area contributed by atoms with Crippen molar-refractivity contribution in [3.8, 4) is 0 Å². The summed E-state index contributed by atoms with van der Waals surface area (Å²) in [5.41, 5.74) is 2.42. The molecule has 0 bridgehead atoms. The first-order chi connectivity index (χ1) is 8.22. The highest BCUT2D eigenvalue weighted by Crippen LogP contribution is 2.27. The fourth-order valence-corrected chi connectivity index (χ4v) is 2.45. The number of nitrogens with zero attached hydrogens (tertiary/aromatic N) is 1. The Morgan fingerprint density at radius 3 is 2.88 bits per heavy atom. The van der Waals surface area contributed by atoms with Crippen molar-refractivity contribution in [2.45, 2.75) is 26.2 Å². The average molecular weight is 296 g/mol. The van der Waals surface area contributed by atoms with Gasteiger partial charge in [0.1, 0.15) is 0 Å². The highest BCUT2D eigenvalue weighted by Gasteiger charge is 2.22. The Kier molecular flexibility index (Phi) is 4.21. The minimum atomic E-state index is 0.266. The number of aryl methyl sites for hydroxylation is 1. The van der Waals surface area contributed by atoms with E-state index in [1.807, 2.05) is 11.0 Å². The molecule has 3 heteroatoms. The molecule has 1 heterocycles. The third-order valence-electron chi connectivity index (χ3n) is 3.18. The first-order valence-corrected chi connectivity index (χ1v) is 7.28. The van der Waals surface area contributed by atoms with E-state index in [0.717, 1.165) is 30.4 Å². The molecule has 0 saturated carbocycles. The van der Waals surface area contributed by atoms with E-state index in [4.69, 9.17) is 0 Å². The summed E-state index contributed by atoms with van der Waals surface area (Å²) >= 11 is 3.48. The van der Waals surface area contributed by atoms with Crippen LogP contribution in [0.1, 0.15) is 25.3 Å². The highest BCUT2D eigenvalue weighted by molar-refractivity contribution is 9.09. The van der Waals surface area contributed by atoms with Gasteiger partial charge in [-0.25, -0.2) is 0 Å². The third kappa shape index (κ3) is 2.89. The highest BCUT2D eigenvalue weighted by atomic mass is 79.9. The van der Waals surface area contributed by atoms with Crippen LogP contribution in [0, 0.1) is 5.92 Å². The van der Waals surface area contributed by atoms with Gasteiger partial charge in [0.05, 0.1) is 0 Å². The fourth-order valence-electron chi connectivity index (χ4n) is 2.25. The number of anilines is 1. The summed E-state index contributed by atoms with van der Waals surface area (Å²) < 4.78 is 0. The van der Waals surface area contributed by atoms with Crippen molar-refractivity contribution in [2.75, 3.05) is 16.8 Å². The molecule has 1 amide bonds. The number of halogens is 1. The number of fused-ring (bicyclic) bond motifs is 1. The number of benzene rings is 1. The molecule has 0 saturated heterocycles. The number of carbonyl (C=O) groups is 1. The van der Waals surface area contributed by atoms with Crippen molar-refractivity contribution < 1.29 is 4.79 Å². The summed E-state index contributed by atoms with van der Waals surface area (Å²) in [6, 6.07) is 8.28. The lowest BCUT2D eigenvalue weighted by molar-refractivity contribution is -0.118. The molecular weight excluding hydrogens is 278 g/mol. The Balaban J connectivity index is 2.30. The molecule has 0 aliphatic carbocycles. The summed E-state index contributed by atoms with van der Waals surface area (Å²) in [6.45, 7) is 2.97. The number of hydrogen-bond donors (Lipinski definition) is 0. The van der Waals surface area contributed by atoms with Gasteiger partial charge in [-0.1, -0.05) is 41.1 Å². The Morgan fingerprint density at radius 2 is 2.12 bits per heavy atom. The average Bonchev–Trinajstić information content (AvgIpc) is 2.50. The van der Waals surface area contributed by atoms with E-state index in [1.54, 1.807) is 0 Å². The minimum absolute atomic E-state index is 0.266. The molecule has 2 nitrogen and oxygen atoms in total. The maximum atomic E-state index is 12.1. The SMILES string of the molecule is CC(CBr)CN1C(=O)CCCc2ccccc21. The zero-order valence-electron chi connectivity index (χ0n) is 10.2. The van der Waals surface area contributed by atoms with Crippen LogP contribution < -0.4 is 4.90 Å². The molecule has 1 aromatic rings. The molecule has 0 aromatic heterocycles. The van der Waals surface area contributed by atoms with Crippen molar-refractivity contribution >= 4 is 27.5 Å². The molecule has 1 aliphatic heterocycles. The fraction of sp³-hybridized carbons (Fsp3) is 0.500. The zero-order valence-corrected chi connectivity index (χ0v) is 11.7. The van der Waals surface area contributed by atoms with Crippen molar-refractivity contribution in [3.63, 3.8) is 0 Å². The standard InChI is InChI=1S/C14H18BrNO/c1-11(9-15)10-16-13-7-3-2-5-12(13)6-4-8-14(16)17/h2-3,5,7,11H,4,6,8-10H2,1H3. The summed E-state index contributed by atoms with van der Waals surface area (Å²) in [5, 5.41) is 0.930. The normalized spacial score (nSPS) is 17.5. The van der Waals surface area contributed by atoms with E-state index in [0.29, 0.717) is 12.3 Å². The van der Waals surface area contributed by atoms with Gasteiger partial charge in [-0.15, -0.1) is 0 Å². The molecule has 1 unspecified atom stereocenters. The summed E-state index contributed by atoms with van der Waals surface area (Å²) in [7, 11) is 0. The van der Waals surface area contributed by atoms with Crippen molar-refractivity contribution in [1.82, 2.24) is 0 Å². The summed E-state index contributed by atoms with van der Waals surface area (Å²) in [6.07, 6.45) is 2.65. The predicted molar refractivity (Wildman–Crippen MR) is 74.7 cm³/mol. The van der Waals surface area contributed by atoms with Crippen LogP contribution in [0.4, 0.5) is 5.69 Å². The van der Waals surface area contributed by atoms with E-state index in [2.05, 4.69) is 41.1 Å². The number of rotatable bonds is 3. The van der Waals surface area contributed by atoms with Crippen LogP contribution in [0.3, 0.4) is 0 Å². The van der Waals surface area contributed by atoms with Gasteiger partial charge in [0, 0.05) is 24.0 Å². The maximum Gasteiger partial charge on any atom is 0.227 e. The first kappa shape index (κ1) is 12.6. The lowest BCUT2D eigenvalue weighted by Crippen LogP contribution is -2.34. The summed E-state index contributed by atoms with van der Waals surface area (Å²) in [4.78, 5) is 14.1. The maximum absolute atomic E-state index is 12.1. The van der Waals surface area contributed by atoms with Crippen molar-refractivity contribution in [1.29, 1.82) is 0 Å². The molecule has 1 aromatic carbocycles. The van der Waals surface area contributed by atoms with Crippen LogP contribution in [-0.4, -0.2) is 17.8 Å². The molecule has 92 valence electrons. The van der Waals surface area contributed by atoms with Crippen LogP contribution >= 0.6 is 15.9 Å². The van der Waals surface area contributed by atoms with Gasteiger partial charge in [-0.05, 0) is 30.4 Å². The molecule has 17 heavy (non-hydrogen) atoms. The van der Waals surface area contributed by atoms with Gasteiger partial charge < -0.3 is 4.90 Å². The third-order valence-corrected chi connectivity index (χ3v) is 4.28. The lowest BCUT2D eigenvalue weighted by atomic mass is 10.1. The van der Waals surface area contributed by atoms with Crippen molar-refractivity contribution in [3.05, 3.63) is 29.8 Å². The Labute approximate surface area is 111 Å². The number of carbonyl (C=O) groups excluding carboxylic acids is 1. The van der Waals surface area contributed by atoms with E-state index < -0.39 is 0 Å². The Bertz CT molecular complexity index is 405. The van der Waals surface area contributed by atoms with E-state index in [1.165, 1.54) is 5.56 Å². The lowest BCUT2D eigenvalue weighted by Gasteiger charge is -2.25. The van der Waals surface area contributed by atoms with Crippen LogP contribution in [-0.2, 0) is 11.2 Å². The quantitative estimate of drug-likeness (QED) is 0.783. The molecule has 0 spiro atoms. The molecule has 1 aliphatic rings. The summed E-state index contributed by atoms with van der Waals surface area (Å²) in [5.74, 6) is 0.743. The smallest absolute Gasteiger partial charge is 0.227 e. The van der Waals surface area contributed by atoms with Gasteiger partial charge in [0.2, 0.25) is 5.91 Å². The number of para-hydroxylation sites is 1. The van der Waals surface area contributed by atoms with E-state index in [9.17, 15) is 4.79 Å². The zero-order chi connectivity index (χ0) is 12.3. The Hall–Kier alpha value is -0.830. The minimum Gasteiger partial charge on any atom is -0.312 e. The number of amides is 1. The van der Waals surface area contributed by atoms with Crippen LogP contribution in [0.5, 0.6) is 0 Å². The number of alkyl halides is 1. The van der Waals surface area contributed by atoms with Crippen LogP contribution in [0.15, 0.2) is 24.3 Å². The number of hydrogen-bond acceptors (Lipinski definition) is 1. The molecular formula is C14H18BrNO. The molecule has 0 N–H and O–H groups in total. The molecule has 0 radical (unpaired) electrons. The topological polar surface area (TPSA) is 20.3 Å². The van der Waals surface area contributed by atoms with E-state index >= 15 is 0 Å². The van der Waals surface area contributed by atoms with Crippen LogP contribution in [0.25, 0.3) is 0 Å². The van der Waals surface area contributed by atoms with Gasteiger partial charge in [-0.3, -0.25) is 4.79 Å². The monoisotopic (exact) mass is 295 g/mol. The van der Waals surface area contributed by atoms with Gasteiger partial charge in [0.25, 0.3) is 0 Å². The second-order valence-corrected chi connectivity index (χ2v) is 5.39. The molecule has 0 fully saturated rings. The second-order valence-electron chi connectivity index (χ2n) is 4.75. The predicted octanol–water partition coefficient (Wildman–Crippen LogP) is 3.39. The van der Waals surface area contributed by atoms with Gasteiger partial charge >= 0.3 is 0 Å². The molecule has 1 atom stereocenters. The van der Waals surface area contributed by atoms with Gasteiger partial charge in [-0.2, -0.15) is 0 Å². The largest absolute Gasteiger partial charge is 0.312 e. The molecule has 2 rings (SSSR count). The van der Waals surface area contributed by atoms with Gasteiger partial charge in [0.15, 0.2) is 0 Å². The van der Waals surface area contributed by atoms with E-state index in [-0.39, 0.29) is 5.91 Å². The van der Waals surface area contributed by atoms with Crippen LogP contribution in [0.2, 0.25) is 0 Å². The van der Waals surface area contributed by atoms with Crippen molar-refractivity contribution in [2.24, 2.45) is 5.92 Å². The second kappa shape index (κ2) is 5.67. The Morgan fingerprint density at radius 1 is 1.35 bits per heavy atom. The first-order valence-electron chi connectivity index (χ1n) is 6.16.